The van der Waals surface area contributed by atoms with E-state index in [1.54, 1.807) is 12.3 Å². The first-order valence-corrected chi connectivity index (χ1v) is 6.77. The van der Waals surface area contributed by atoms with Gasteiger partial charge in [0.1, 0.15) is 17.1 Å². The Morgan fingerprint density at radius 3 is 2.55 bits per heavy atom. The molecule has 1 N–H and O–H groups in total. The zero-order valence-corrected chi connectivity index (χ0v) is 12.8. The van der Waals surface area contributed by atoms with Crippen LogP contribution in [0.1, 0.15) is 21.5 Å². The Balaban J connectivity index is 2.45. The maximum absolute atomic E-state index is 12.0. The molecular formula is C17H18N2O3. The molecule has 0 aliphatic rings. The lowest BCUT2D eigenvalue weighted by Gasteiger charge is -2.10. The van der Waals surface area contributed by atoms with E-state index in [0.29, 0.717) is 11.3 Å². The lowest BCUT2D eigenvalue weighted by molar-refractivity contribution is 0.0597. The Kier molecular flexibility index (Phi) is 5.14. The molecule has 0 radical (unpaired) electrons. The minimum atomic E-state index is -0.433. The van der Waals surface area contributed by atoms with Crippen molar-refractivity contribution in [2.45, 2.75) is 0 Å². The van der Waals surface area contributed by atoms with Gasteiger partial charge in [-0.1, -0.05) is 24.3 Å². The third kappa shape index (κ3) is 3.25. The van der Waals surface area contributed by atoms with Crippen LogP contribution in [0, 0.1) is 0 Å². The van der Waals surface area contributed by atoms with E-state index in [1.165, 1.54) is 14.2 Å². The molecule has 0 unspecified atom stereocenters. The number of nitrogens with zero attached hydrogens (tertiary/aromatic N) is 1. The zero-order valence-electron chi connectivity index (χ0n) is 12.8. The first kappa shape index (κ1) is 15.6. The smallest absolute Gasteiger partial charge is 0.342 e. The van der Waals surface area contributed by atoms with Gasteiger partial charge >= 0.3 is 5.97 Å². The molecule has 0 saturated heterocycles. The predicted molar refractivity (Wildman–Crippen MR) is 87.0 cm³/mol. The van der Waals surface area contributed by atoms with Crippen molar-refractivity contribution in [1.82, 2.24) is 4.98 Å². The van der Waals surface area contributed by atoms with Crippen LogP contribution in [0.4, 0.5) is 5.82 Å². The van der Waals surface area contributed by atoms with Crippen molar-refractivity contribution in [3.05, 3.63) is 53.2 Å². The van der Waals surface area contributed by atoms with Crippen molar-refractivity contribution in [2.24, 2.45) is 0 Å². The zero-order chi connectivity index (χ0) is 15.9. The van der Waals surface area contributed by atoms with Crippen LogP contribution in [0.5, 0.6) is 5.75 Å². The van der Waals surface area contributed by atoms with Gasteiger partial charge in [0.2, 0.25) is 0 Å². The van der Waals surface area contributed by atoms with E-state index in [0.717, 1.165) is 16.9 Å². The molecule has 2 aromatic rings. The summed E-state index contributed by atoms with van der Waals surface area (Å²) in [5, 5.41) is 3.02. The SMILES string of the molecule is CNc1ncccc1C=Cc1cccc(OC)c1C(=O)OC. The van der Waals surface area contributed by atoms with Gasteiger partial charge in [-0.15, -0.1) is 0 Å². The second kappa shape index (κ2) is 7.26. The molecule has 0 saturated carbocycles. The minimum absolute atomic E-state index is 0.402. The number of ether oxygens (including phenoxy) is 2. The summed E-state index contributed by atoms with van der Waals surface area (Å²) in [4.78, 5) is 16.2. The Labute approximate surface area is 129 Å². The molecule has 0 aliphatic heterocycles. The number of methoxy groups -OCH3 is 2. The second-order valence-electron chi connectivity index (χ2n) is 4.44. The number of carbonyl (C=O) groups excluding carboxylic acids is 1. The molecule has 1 aromatic heterocycles. The summed E-state index contributed by atoms with van der Waals surface area (Å²) in [5.74, 6) is 0.812. The van der Waals surface area contributed by atoms with Gasteiger partial charge in [-0.05, 0) is 23.8 Å². The molecule has 22 heavy (non-hydrogen) atoms. The number of anilines is 1. The summed E-state index contributed by atoms with van der Waals surface area (Å²) >= 11 is 0. The van der Waals surface area contributed by atoms with Gasteiger partial charge in [0, 0.05) is 18.8 Å². The summed E-state index contributed by atoms with van der Waals surface area (Å²) in [7, 11) is 4.68. The van der Waals surface area contributed by atoms with Gasteiger partial charge in [0.05, 0.1) is 14.2 Å². The number of benzene rings is 1. The highest BCUT2D eigenvalue weighted by Gasteiger charge is 2.16. The molecule has 1 heterocycles. The van der Waals surface area contributed by atoms with Crippen LogP contribution in [0.3, 0.4) is 0 Å². The van der Waals surface area contributed by atoms with Gasteiger partial charge in [-0.3, -0.25) is 0 Å². The molecule has 0 aliphatic carbocycles. The average molecular weight is 298 g/mol. The number of pyridine rings is 1. The van der Waals surface area contributed by atoms with Crippen LogP contribution < -0.4 is 10.1 Å². The van der Waals surface area contributed by atoms with Gasteiger partial charge in [-0.2, -0.15) is 0 Å². The topological polar surface area (TPSA) is 60.5 Å². The van der Waals surface area contributed by atoms with Crippen molar-refractivity contribution < 1.29 is 14.3 Å². The van der Waals surface area contributed by atoms with Gasteiger partial charge in [0.15, 0.2) is 0 Å². The van der Waals surface area contributed by atoms with E-state index in [2.05, 4.69) is 10.3 Å². The Morgan fingerprint density at radius 2 is 1.86 bits per heavy atom. The average Bonchev–Trinajstić information content (AvgIpc) is 2.58. The van der Waals surface area contributed by atoms with E-state index in [-0.39, 0.29) is 0 Å². The Bertz CT molecular complexity index is 696. The van der Waals surface area contributed by atoms with Gasteiger partial charge < -0.3 is 14.8 Å². The first-order chi connectivity index (χ1) is 10.7. The predicted octanol–water partition coefficient (Wildman–Crippen LogP) is 3.09. The molecule has 114 valence electrons. The molecule has 2 rings (SSSR count). The molecule has 0 atom stereocenters. The van der Waals surface area contributed by atoms with Crippen molar-refractivity contribution in [3.8, 4) is 5.75 Å². The lowest BCUT2D eigenvalue weighted by atomic mass is 10.0. The van der Waals surface area contributed by atoms with Gasteiger partial charge in [0.25, 0.3) is 0 Å². The highest BCUT2D eigenvalue weighted by atomic mass is 16.5. The molecule has 1 aromatic carbocycles. The summed E-state index contributed by atoms with van der Waals surface area (Å²) in [5.41, 5.74) is 2.04. The summed E-state index contributed by atoms with van der Waals surface area (Å²) in [6, 6.07) is 9.18. The van der Waals surface area contributed by atoms with Crippen LogP contribution in [-0.2, 0) is 4.74 Å². The maximum Gasteiger partial charge on any atom is 0.342 e. The molecule has 0 fully saturated rings. The van der Waals surface area contributed by atoms with Crippen LogP contribution in [0.2, 0.25) is 0 Å². The highest BCUT2D eigenvalue weighted by molar-refractivity contribution is 5.97. The molecule has 0 amide bonds. The normalized spacial score (nSPS) is 10.5. The standard InChI is InChI=1S/C17H18N2O3/c1-18-16-13(7-5-11-19-16)10-9-12-6-4-8-14(21-2)15(12)17(20)22-3/h4-11H,1-3H3,(H,18,19). The first-order valence-electron chi connectivity index (χ1n) is 6.77. The molecule has 0 bridgehead atoms. The van der Waals surface area contributed by atoms with E-state index < -0.39 is 5.97 Å². The van der Waals surface area contributed by atoms with Crippen molar-refractivity contribution in [2.75, 3.05) is 26.6 Å². The summed E-state index contributed by atoms with van der Waals surface area (Å²) in [6.45, 7) is 0. The van der Waals surface area contributed by atoms with Crippen LogP contribution in [0.15, 0.2) is 36.5 Å². The quantitative estimate of drug-likeness (QED) is 0.860. The number of nitrogens with one attached hydrogen (secondary N) is 1. The third-order valence-corrected chi connectivity index (χ3v) is 3.19. The lowest BCUT2D eigenvalue weighted by Crippen LogP contribution is -2.06. The summed E-state index contributed by atoms with van der Waals surface area (Å²) in [6.07, 6.45) is 5.45. The van der Waals surface area contributed by atoms with E-state index >= 15 is 0 Å². The number of hydrogen-bond donors (Lipinski definition) is 1. The van der Waals surface area contributed by atoms with Crippen LogP contribution >= 0.6 is 0 Å². The number of aromatic nitrogens is 1. The number of esters is 1. The number of carbonyl (C=O) groups is 1. The molecule has 0 spiro atoms. The van der Waals surface area contributed by atoms with Crippen LogP contribution in [-0.4, -0.2) is 32.2 Å². The van der Waals surface area contributed by atoms with E-state index in [4.69, 9.17) is 9.47 Å². The minimum Gasteiger partial charge on any atom is -0.496 e. The molecular weight excluding hydrogens is 280 g/mol. The second-order valence-corrected chi connectivity index (χ2v) is 4.44. The monoisotopic (exact) mass is 298 g/mol. The fraction of sp³-hybridized carbons (Fsp3) is 0.176. The van der Waals surface area contributed by atoms with Gasteiger partial charge in [-0.25, -0.2) is 9.78 Å². The Morgan fingerprint density at radius 1 is 1.14 bits per heavy atom. The largest absolute Gasteiger partial charge is 0.496 e. The Hall–Kier alpha value is -2.82. The fourth-order valence-corrected chi connectivity index (χ4v) is 2.12. The van der Waals surface area contributed by atoms with Crippen LogP contribution in [0.25, 0.3) is 12.2 Å². The van der Waals surface area contributed by atoms with E-state index in [9.17, 15) is 4.79 Å². The third-order valence-electron chi connectivity index (χ3n) is 3.19. The molecule has 5 nitrogen and oxygen atoms in total. The van der Waals surface area contributed by atoms with Crippen molar-refractivity contribution in [3.63, 3.8) is 0 Å². The fourth-order valence-electron chi connectivity index (χ4n) is 2.12. The molecule has 5 heteroatoms. The highest BCUT2D eigenvalue weighted by Crippen LogP contribution is 2.25. The van der Waals surface area contributed by atoms with Crippen molar-refractivity contribution >= 4 is 23.9 Å². The summed E-state index contributed by atoms with van der Waals surface area (Å²) < 4.78 is 10.1. The van der Waals surface area contributed by atoms with E-state index in [1.807, 2.05) is 43.5 Å². The maximum atomic E-state index is 12.0. The van der Waals surface area contributed by atoms with Crippen molar-refractivity contribution in [1.29, 1.82) is 0 Å². The number of hydrogen-bond acceptors (Lipinski definition) is 5. The number of rotatable bonds is 5.